The number of hydrogen-bond donors (Lipinski definition) is 1. The average Bonchev–Trinajstić information content (AvgIpc) is 2.80. The van der Waals surface area contributed by atoms with Gasteiger partial charge in [0, 0.05) is 19.2 Å². The van der Waals surface area contributed by atoms with Crippen LogP contribution in [0.2, 0.25) is 0 Å². The molecule has 1 saturated heterocycles. The predicted octanol–water partition coefficient (Wildman–Crippen LogP) is 2.44. The van der Waals surface area contributed by atoms with Crippen LogP contribution in [0.1, 0.15) is 37.7 Å². The van der Waals surface area contributed by atoms with Gasteiger partial charge >= 0.3 is 6.03 Å². The highest BCUT2D eigenvalue weighted by Gasteiger charge is 2.55. The van der Waals surface area contributed by atoms with Crippen LogP contribution < -0.4 is 5.32 Å². The number of carbonyl (C=O) groups is 3. The van der Waals surface area contributed by atoms with Crippen molar-refractivity contribution in [3.8, 4) is 0 Å². The Morgan fingerprint density at radius 2 is 1.93 bits per heavy atom. The van der Waals surface area contributed by atoms with Crippen LogP contribution in [-0.4, -0.2) is 51.7 Å². The lowest BCUT2D eigenvalue weighted by Gasteiger charge is -2.35. The van der Waals surface area contributed by atoms with Gasteiger partial charge in [0.25, 0.3) is 11.6 Å². The first-order valence-corrected chi connectivity index (χ1v) is 8.91. The molecule has 0 bridgehead atoms. The van der Waals surface area contributed by atoms with E-state index in [1.54, 1.807) is 14.0 Å². The van der Waals surface area contributed by atoms with Gasteiger partial charge in [0.1, 0.15) is 12.1 Å². The van der Waals surface area contributed by atoms with E-state index in [0.717, 1.165) is 24.2 Å². The molecule has 0 unspecified atom stereocenters. The third-order valence-electron chi connectivity index (χ3n) is 5.49. The molecule has 2 aliphatic rings. The summed E-state index contributed by atoms with van der Waals surface area (Å²) in [7, 11) is 1.61. The molecule has 1 spiro atoms. The number of nitrogens with one attached hydrogen (secondary N) is 1. The molecule has 1 saturated carbocycles. The van der Waals surface area contributed by atoms with Crippen molar-refractivity contribution in [1.29, 1.82) is 0 Å². The second-order valence-corrected chi connectivity index (χ2v) is 7.13. The molecule has 9 nitrogen and oxygen atoms in total. The van der Waals surface area contributed by atoms with Gasteiger partial charge in [0.2, 0.25) is 5.91 Å². The number of likely N-dealkylation sites (N-methyl/N-ethyl adjacent to an activating group) is 1. The number of imide groups is 1. The lowest BCUT2D eigenvalue weighted by molar-refractivity contribution is -0.384. The van der Waals surface area contributed by atoms with Crippen molar-refractivity contribution in [2.45, 2.75) is 44.6 Å². The number of nitro groups is 1. The first-order valence-electron chi connectivity index (χ1n) is 8.91. The highest BCUT2D eigenvalue weighted by molar-refractivity contribution is 6.10. The summed E-state index contributed by atoms with van der Waals surface area (Å²) in [6, 6.07) is 3.66. The second-order valence-electron chi connectivity index (χ2n) is 7.13. The van der Waals surface area contributed by atoms with Crippen LogP contribution in [0.15, 0.2) is 18.2 Å². The van der Waals surface area contributed by atoms with E-state index < -0.39 is 28.9 Å². The molecule has 1 heterocycles. The maximum Gasteiger partial charge on any atom is 0.327 e. The standard InChI is InChI=1S/C18H22N4O5/c1-12-6-7-13(22(26)27)10-14(12)19-15(23)11-21-16(24)18(20(2)17(21)25)8-4-3-5-9-18/h6-7,10H,3-5,8-9,11H2,1-2H3,(H,19,23). The summed E-state index contributed by atoms with van der Waals surface area (Å²) in [6.07, 6.45) is 3.99. The van der Waals surface area contributed by atoms with Gasteiger partial charge in [0.05, 0.1) is 10.6 Å². The number of rotatable bonds is 4. The van der Waals surface area contributed by atoms with Crippen LogP contribution in [0.3, 0.4) is 0 Å². The molecule has 4 amide bonds. The number of urea groups is 1. The number of nitrogens with zero attached hydrogens (tertiary/aromatic N) is 3. The summed E-state index contributed by atoms with van der Waals surface area (Å²) in [5.41, 5.74) is -0.0510. The number of hydrogen-bond acceptors (Lipinski definition) is 5. The summed E-state index contributed by atoms with van der Waals surface area (Å²) in [5, 5.41) is 13.5. The van der Waals surface area contributed by atoms with Gasteiger partial charge in [-0.3, -0.25) is 24.6 Å². The highest BCUT2D eigenvalue weighted by Crippen LogP contribution is 2.39. The predicted molar refractivity (Wildman–Crippen MR) is 97.2 cm³/mol. The topological polar surface area (TPSA) is 113 Å². The molecule has 0 aromatic heterocycles. The summed E-state index contributed by atoms with van der Waals surface area (Å²) in [6.45, 7) is 1.29. The quantitative estimate of drug-likeness (QED) is 0.494. The van der Waals surface area contributed by atoms with E-state index in [2.05, 4.69) is 5.32 Å². The van der Waals surface area contributed by atoms with Gasteiger partial charge in [-0.2, -0.15) is 0 Å². The van der Waals surface area contributed by atoms with Crippen LogP contribution in [0.25, 0.3) is 0 Å². The summed E-state index contributed by atoms with van der Waals surface area (Å²) < 4.78 is 0. The van der Waals surface area contributed by atoms with Crippen molar-refractivity contribution in [2.24, 2.45) is 0 Å². The first-order chi connectivity index (χ1) is 12.8. The zero-order valence-electron chi connectivity index (χ0n) is 15.4. The molecule has 144 valence electrons. The lowest BCUT2D eigenvalue weighted by Crippen LogP contribution is -2.49. The third-order valence-corrected chi connectivity index (χ3v) is 5.49. The Balaban J connectivity index is 1.75. The van der Waals surface area contributed by atoms with Crippen molar-refractivity contribution < 1.29 is 19.3 Å². The molecule has 9 heteroatoms. The number of anilines is 1. The van der Waals surface area contributed by atoms with Gasteiger partial charge in [-0.05, 0) is 25.3 Å². The molecular formula is C18H22N4O5. The molecule has 1 aromatic carbocycles. The largest absolute Gasteiger partial charge is 0.327 e. The maximum atomic E-state index is 12.9. The number of non-ortho nitro benzene ring substituents is 1. The SMILES string of the molecule is Cc1ccc([N+](=O)[O-])cc1NC(=O)CN1C(=O)N(C)C2(CCCCC2)C1=O. The number of benzene rings is 1. The van der Waals surface area contributed by atoms with E-state index in [-0.39, 0.29) is 17.3 Å². The summed E-state index contributed by atoms with van der Waals surface area (Å²) >= 11 is 0. The Morgan fingerprint density at radius 3 is 2.56 bits per heavy atom. The van der Waals surface area contributed by atoms with E-state index in [4.69, 9.17) is 0 Å². The van der Waals surface area contributed by atoms with Gasteiger partial charge in [0.15, 0.2) is 0 Å². The Morgan fingerprint density at radius 1 is 1.26 bits per heavy atom. The maximum absolute atomic E-state index is 12.9. The first kappa shape index (κ1) is 18.8. The van der Waals surface area contributed by atoms with Gasteiger partial charge in [-0.15, -0.1) is 0 Å². The molecule has 3 rings (SSSR count). The van der Waals surface area contributed by atoms with Crippen LogP contribution >= 0.6 is 0 Å². The number of nitro benzene ring substituents is 1. The van der Waals surface area contributed by atoms with E-state index in [1.165, 1.54) is 23.1 Å². The zero-order valence-corrected chi connectivity index (χ0v) is 15.4. The third kappa shape index (κ3) is 3.24. The molecule has 0 radical (unpaired) electrons. The average molecular weight is 374 g/mol. The van der Waals surface area contributed by atoms with Crippen LogP contribution in [0.5, 0.6) is 0 Å². The van der Waals surface area contributed by atoms with E-state index in [0.29, 0.717) is 18.4 Å². The van der Waals surface area contributed by atoms with Crippen molar-refractivity contribution in [2.75, 3.05) is 18.9 Å². The second kappa shape index (κ2) is 6.98. The minimum Gasteiger partial charge on any atom is -0.324 e. The van der Waals surface area contributed by atoms with E-state index >= 15 is 0 Å². The Hall–Kier alpha value is -2.97. The van der Waals surface area contributed by atoms with Gasteiger partial charge in [-0.1, -0.05) is 25.3 Å². The molecule has 0 atom stereocenters. The highest BCUT2D eigenvalue weighted by atomic mass is 16.6. The minimum atomic E-state index is -0.836. The van der Waals surface area contributed by atoms with Crippen LogP contribution in [0, 0.1) is 17.0 Å². The summed E-state index contributed by atoms with van der Waals surface area (Å²) in [5.74, 6) is -0.901. The van der Waals surface area contributed by atoms with Gasteiger partial charge < -0.3 is 10.2 Å². The van der Waals surface area contributed by atoms with E-state index in [9.17, 15) is 24.5 Å². The molecule has 1 N–H and O–H groups in total. The minimum absolute atomic E-state index is 0.148. The van der Waals surface area contributed by atoms with Crippen LogP contribution in [-0.2, 0) is 9.59 Å². The number of amides is 4. The Labute approximate surface area is 156 Å². The van der Waals surface area contributed by atoms with Crippen molar-refractivity contribution in [1.82, 2.24) is 9.80 Å². The fourth-order valence-electron chi connectivity index (χ4n) is 3.86. The fourth-order valence-corrected chi connectivity index (χ4v) is 3.86. The monoisotopic (exact) mass is 374 g/mol. The number of aryl methyl sites for hydroxylation is 1. The molecule has 1 aliphatic carbocycles. The van der Waals surface area contributed by atoms with Crippen molar-refractivity contribution in [3.63, 3.8) is 0 Å². The molecular weight excluding hydrogens is 352 g/mol. The molecule has 1 aliphatic heterocycles. The smallest absolute Gasteiger partial charge is 0.324 e. The Kier molecular flexibility index (Phi) is 4.86. The number of carbonyl (C=O) groups excluding carboxylic acids is 3. The fraction of sp³-hybridized carbons (Fsp3) is 0.500. The molecule has 1 aromatic rings. The lowest BCUT2D eigenvalue weighted by atomic mass is 9.81. The Bertz CT molecular complexity index is 816. The normalized spacial score (nSPS) is 18.9. The van der Waals surface area contributed by atoms with Crippen molar-refractivity contribution >= 4 is 29.2 Å². The van der Waals surface area contributed by atoms with Gasteiger partial charge in [-0.25, -0.2) is 4.79 Å². The van der Waals surface area contributed by atoms with Crippen molar-refractivity contribution in [3.05, 3.63) is 33.9 Å². The molecule has 27 heavy (non-hydrogen) atoms. The summed E-state index contributed by atoms with van der Waals surface area (Å²) in [4.78, 5) is 50.7. The van der Waals surface area contributed by atoms with Crippen LogP contribution in [0.4, 0.5) is 16.2 Å². The molecule has 2 fully saturated rings. The zero-order chi connectivity index (χ0) is 19.8. The van der Waals surface area contributed by atoms with E-state index in [1.807, 2.05) is 0 Å².